The molecule has 254 valence electrons. The van der Waals surface area contributed by atoms with Gasteiger partial charge in [-0.2, -0.15) is 0 Å². The van der Waals surface area contributed by atoms with Crippen molar-refractivity contribution in [3.05, 3.63) is 36.5 Å². The van der Waals surface area contributed by atoms with E-state index in [0.717, 1.165) is 50.9 Å². The van der Waals surface area contributed by atoms with Gasteiger partial charge < -0.3 is 19.3 Å². The summed E-state index contributed by atoms with van der Waals surface area (Å²) in [5.41, 5.74) is 0. The SMILES string of the molecule is CCCCC/C=C\C/C=C\CC1OC1C/C=C\CCCC(=O)OC[C@H](O)COC(=O)CCCCCCCCCCCC(C)C. The molecule has 6 nitrogen and oxygen atoms in total. The third kappa shape index (κ3) is 26.5. The van der Waals surface area contributed by atoms with Gasteiger partial charge in [0.05, 0.1) is 12.2 Å². The molecule has 0 bridgehead atoms. The van der Waals surface area contributed by atoms with E-state index in [2.05, 4.69) is 57.2 Å². The molecule has 6 heteroatoms. The first-order chi connectivity index (χ1) is 21.4. The highest BCUT2D eigenvalue weighted by atomic mass is 16.6. The number of rotatable bonds is 30. The van der Waals surface area contributed by atoms with Crippen LogP contribution in [0.5, 0.6) is 0 Å². The van der Waals surface area contributed by atoms with E-state index in [-0.39, 0.29) is 25.2 Å². The number of ether oxygens (including phenoxy) is 3. The molecule has 1 aliphatic heterocycles. The van der Waals surface area contributed by atoms with Crippen LogP contribution in [0.15, 0.2) is 36.5 Å². The number of allylic oxidation sites excluding steroid dienone is 4. The van der Waals surface area contributed by atoms with E-state index >= 15 is 0 Å². The van der Waals surface area contributed by atoms with Crippen molar-refractivity contribution in [1.82, 2.24) is 0 Å². The van der Waals surface area contributed by atoms with Crippen molar-refractivity contribution in [1.29, 1.82) is 0 Å². The average molecular weight is 619 g/mol. The summed E-state index contributed by atoms with van der Waals surface area (Å²) in [6.45, 7) is 6.51. The minimum atomic E-state index is -0.989. The zero-order chi connectivity index (χ0) is 32.1. The minimum absolute atomic E-state index is 0.137. The van der Waals surface area contributed by atoms with E-state index in [4.69, 9.17) is 14.2 Å². The Hall–Kier alpha value is -1.92. The molecule has 1 heterocycles. The summed E-state index contributed by atoms with van der Waals surface area (Å²) < 4.78 is 16.0. The second kappa shape index (κ2) is 28.5. The smallest absolute Gasteiger partial charge is 0.305 e. The van der Waals surface area contributed by atoms with Crippen LogP contribution in [0.2, 0.25) is 0 Å². The molecule has 0 amide bonds. The predicted octanol–water partition coefficient (Wildman–Crippen LogP) is 9.74. The van der Waals surface area contributed by atoms with Crippen molar-refractivity contribution in [2.75, 3.05) is 13.2 Å². The van der Waals surface area contributed by atoms with Gasteiger partial charge in [-0.3, -0.25) is 9.59 Å². The molecule has 2 unspecified atom stereocenters. The molecule has 0 saturated carbocycles. The molecule has 3 atom stereocenters. The molecule has 1 N–H and O–H groups in total. The highest BCUT2D eigenvalue weighted by molar-refractivity contribution is 5.69. The number of epoxide rings is 1. The Labute approximate surface area is 270 Å². The van der Waals surface area contributed by atoms with Crippen LogP contribution in [0.4, 0.5) is 0 Å². The monoisotopic (exact) mass is 618 g/mol. The zero-order valence-electron chi connectivity index (χ0n) is 28.5. The van der Waals surface area contributed by atoms with Gasteiger partial charge in [0.25, 0.3) is 0 Å². The normalized spacial score (nSPS) is 17.3. The molecule has 1 aliphatic rings. The van der Waals surface area contributed by atoms with E-state index < -0.39 is 6.10 Å². The second-order valence-corrected chi connectivity index (χ2v) is 12.9. The first kappa shape index (κ1) is 40.1. The van der Waals surface area contributed by atoms with Gasteiger partial charge in [0.15, 0.2) is 0 Å². The van der Waals surface area contributed by atoms with Gasteiger partial charge in [-0.15, -0.1) is 0 Å². The maximum Gasteiger partial charge on any atom is 0.305 e. The number of hydrogen-bond acceptors (Lipinski definition) is 6. The maximum atomic E-state index is 11.9. The fourth-order valence-corrected chi connectivity index (χ4v) is 5.07. The van der Waals surface area contributed by atoms with Crippen LogP contribution in [0.1, 0.15) is 156 Å². The lowest BCUT2D eigenvalue weighted by molar-refractivity contribution is -0.152. The lowest BCUT2D eigenvalue weighted by atomic mass is 10.0. The van der Waals surface area contributed by atoms with E-state index in [1.54, 1.807) is 0 Å². The molecule has 0 aromatic carbocycles. The first-order valence-corrected chi connectivity index (χ1v) is 18.0. The van der Waals surface area contributed by atoms with Gasteiger partial charge in [-0.05, 0) is 57.3 Å². The Balaban J connectivity index is 1.89. The Morgan fingerprint density at radius 1 is 0.659 bits per heavy atom. The third-order valence-corrected chi connectivity index (χ3v) is 7.96. The number of unbranched alkanes of at least 4 members (excludes halogenated alkanes) is 12. The topological polar surface area (TPSA) is 85.4 Å². The highest BCUT2D eigenvalue weighted by Gasteiger charge is 2.35. The van der Waals surface area contributed by atoms with Crippen LogP contribution in [0.3, 0.4) is 0 Å². The zero-order valence-corrected chi connectivity index (χ0v) is 28.5. The van der Waals surface area contributed by atoms with E-state index in [0.29, 0.717) is 31.5 Å². The summed E-state index contributed by atoms with van der Waals surface area (Å²) in [6.07, 6.45) is 35.1. The summed E-state index contributed by atoms with van der Waals surface area (Å²) in [7, 11) is 0. The Morgan fingerprint density at radius 2 is 1.16 bits per heavy atom. The fourth-order valence-electron chi connectivity index (χ4n) is 5.07. The molecular weight excluding hydrogens is 552 g/mol. The number of aliphatic hydroxyl groups is 1. The second-order valence-electron chi connectivity index (χ2n) is 12.9. The quantitative estimate of drug-likeness (QED) is 0.0373. The Kier molecular flexibility index (Phi) is 26.0. The summed E-state index contributed by atoms with van der Waals surface area (Å²) in [4.78, 5) is 23.9. The molecule has 1 saturated heterocycles. The molecule has 1 fully saturated rings. The molecule has 0 spiro atoms. The van der Waals surface area contributed by atoms with Crippen LogP contribution in [-0.4, -0.2) is 48.6 Å². The Bertz CT molecular complexity index is 786. The van der Waals surface area contributed by atoms with Crippen LogP contribution >= 0.6 is 0 Å². The molecule has 1 rings (SSSR count). The summed E-state index contributed by atoms with van der Waals surface area (Å²) in [5.74, 6) is 0.175. The van der Waals surface area contributed by atoms with Gasteiger partial charge >= 0.3 is 11.9 Å². The van der Waals surface area contributed by atoms with Gasteiger partial charge in [-0.25, -0.2) is 0 Å². The van der Waals surface area contributed by atoms with Crippen molar-refractivity contribution >= 4 is 11.9 Å². The van der Waals surface area contributed by atoms with Crippen molar-refractivity contribution in [2.24, 2.45) is 5.92 Å². The minimum Gasteiger partial charge on any atom is -0.463 e. The molecule has 44 heavy (non-hydrogen) atoms. The standard InChI is InChI=1S/C38H66O6/c1-4-5-6-7-8-10-14-17-22-27-35-36(44-35)28-23-19-20-25-30-38(41)43-32-34(39)31-42-37(40)29-24-18-15-12-9-11-13-16-21-26-33(2)3/h8,10,17,19,22-23,33-36,39H,4-7,9,11-16,18,20-21,24-32H2,1-3H3/b10-8-,22-17-,23-19-/t34-,35?,36?/m1/s1. The highest BCUT2D eigenvalue weighted by Crippen LogP contribution is 2.29. The van der Waals surface area contributed by atoms with Crippen molar-refractivity contribution in [3.8, 4) is 0 Å². The van der Waals surface area contributed by atoms with Crippen molar-refractivity contribution < 1.29 is 28.9 Å². The molecule has 0 aromatic rings. The van der Waals surface area contributed by atoms with Gasteiger partial charge in [-0.1, -0.05) is 128 Å². The van der Waals surface area contributed by atoms with Crippen molar-refractivity contribution in [3.63, 3.8) is 0 Å². The largest absolute Gasteiger partial charge is 0.463 e. The summed E-state index contributed by atoms with van der Waals surface area (Å²) >= 11 is 0. The molecule has 0 aliphatic carbocycles. The van der Waals surface area contributed by atoms with E-state index in [9.17, 15) is 14.7 Å². The lowest BCUT2D eigenvalue weighted by Gasteiger charge is -2.12. The van der Waals surface area contributed by atoms with E-state index in [1.807, 2.05) is 0 Å². The fraction of sp³-hybridized carbons (Fsp3) is 0.789. The lowest BCUT2D eigenvalue weighted by Crippen LogP contribution is -2.25. The van der Waals surface area contributed by atoms with E-state index in [1.165, 1.54) is 70.6 Å². The number of carbonyl (C=O) groups excluding carboxylic acids is 2. The van der Waals surface area contributed by atoms with Gasteiger partial charge in [0.2, 0.25) is 0 Å². The van der Waals surface area contributed by atoms with Crippen LogP contribution in [0.25, 0.3) is 0 Å². The molecule has 0 radical (unpaired) electrons. The molecular formula is C38H66O6. The number of aliphatic hydroxyl groups excluding tert-OH is 1. The first-order valence-electron chi connectivity index (χ1n) is 18.0. The Morgan fingerprint density at radius 3 is 1.77 bits per heavy atom. The van der Waals surface area contributed by atoms with Gasteiger partial charge in [0.1, 0.15) is 19.3 Å². The van der Waals surface area contributed by atoms with Crippen LogP contribution in [0, 0.1) is 5.92 Å². The van der Waals surface area contributed by atoms with Crippen LogP contribution in [-0.2, 0) is 23.8 Å². The number of hydrogen-bond donors (Lipinski definition) is 1. The average Bonchev–Trinajstić information content (AvgIpc) is 3.76. The summed E-state index contributed by atoms with van der Waals surface area (Å²) in [6, 6.07) is 0. The van der Waals surface area contributed by atoms with Gasteiger partial charge in [0, 0.05) is 12.8 Å². The maximum absolute atomic E-state index is 11.9. The van der Waals surface area contributed by atoms with Crippen LogP contribution < -0.4 is 0 Å². The predicted molar refractivity (Wildman–Crippen MR) is 181 cm³/mol. The third-order valence-electron chi connectivity index (χ3n) is 7.96. The molecule has 0 aromatic heterocycles. The number of esters is 2. The summed E-state index contributed by atoms with van der Waals surface area (Å²) in [5, 5.41) is 9.98. The number of carbonyl (C=O) groups is 2. The van der Waals surface area contributed by atoms with Crippen molar-refractivity contribution in [2.45, 2.75) is 174 Å².